The highest BCUT2D eigenvalue weighted by Crippen LogP contribution is 2.31. The molecule has 3 N–H and O–H groups in total. The zero-order valence-corrected chi connectivity index (χ0v) is 22.6. The summed E-state index contributed by atoms with van der Waals surface area (Å²) >= 11 is 1.63. The molecule has 0 saturated carbocycles. The standard InChI is InChI=1S/C30H29FN6S/c1-7-23-25(26(31)17(2)20-13-21(15-32-14-20)33-18(3)30(4,5)6)28(37-36-23)29-34-24-10-8-9-22(27(24)35-29)19-11-12-38-16-19/h7-16,33,36H,2-3H2,1,4-6H3,(H,34,35)/b23-7+,26-25-. The first-order chi connectivity index (χ1) is 18.2. The van der Waals surface area contributed by atoms with Crippen LogP contribution in [0.25, 0.3) is 51.2 Å². The van der Waals surface area contributed by atoms with Crippen LogP contribution in [0.2, 0.25) is 0 Å². The van der Waals surface area contributed by atoms with Gasteiger partial charge in [0.15, 0.2) is 5.82 Å². The molecule has 5 aromatic rings. The van der Waals surface area contributed by atoms with Crippen LogP contribution in [0.5, 0.6) is 0 Å². The van der Waals surface area contributed by atoms with E-state index >= 15 is 4.39 Å². The number of benzene rings is 1. The molecule has 0 unspecified atom stereocenters. The summed E-state index contributed by atoms with van der Waals surface area (Å²) in [5.74, 6) is -0.0334. The normalized spacial score (nSPS) is 13.1. The van der Waals surface area contributed by atoms with Crippen LogP contribution in [-0.4, -0.2) is 25.1 Å². The van der Waals surface area contributed by atoms with Gasteiger partial charge in [-0.25, -0.2) is 9.37 Å². The summed E-state index contributed by atoms with van der Waals surface area (Å²) in [4.78, 5) is 12.5. The van der Waals surface area contributed by atoms with Crippen LogP contribution in [0, 0.1) is 5.41 Å². The number of aromatic amines is 2. The summed E-state index contributed by atoms with van der Waals surface area (Å²) in [5, 5.41) is 15.6. The Morgan fingerprint density at radius 3 is 2.68 bits per heavy atom. The van der Waals surface area contributed by atoms with Gasteiger partial charge in [-0.2, -0.15) is 16.4 Å². The maximum absolute atomic E-state index is 16.2. The van der Waals surface area contributed by atoms with E-state index in [0.717, 1.165) is 27.9 Å². The number of halogens is 1. The monoisotopic (exact) mass is 524 g/mol. The summed E-state index contributed by atoms with van der Waals surface area (Å²) in [6.07, 6.45) is 5.05. The topological polar surface area (TPSA) is 82.3 Å². The number of H-pyrrole nitrogens is 2. The van der Waals surface area contributed by atoms with Gasteiger partial charge in [0.05, 0.1) is 33.5 Å². The predicted octanol–water partition coefficient (Wildman–Crippen LogP) is 6.64. The fraction of sp³-hybridized carbons (Fsp3) is 0.167. The van der Waals surface area contributed by atoms with Crippen molar-refractivity contribution < 1.29 is 4.39 Å². The van der Waals surface area contributed by atoms with Gasteiger partial charge in [-0.3, -0.25) is 10.1 Å². The molecule has 1 aromatic carbocycles. The van der Waals surface area contributed by atoms with E-state index in [1.165, 1.54) is 0 Å². The van der Waals surface area contributed by atoms with Gasteiger partial charge in [-0.1, -0.05) is 52.1 Å². The summed E-state index contributed by atoms with van der Waals surface area (Å²) in [6.45, 7) is 16.2. The largest absolute Gasteiger partial charge is 0.358 e. The van der Waals surface area contributed by atoms with Gasteiger partial charge >= 0.3 is 0 Å². The lowest BCUT2D eigenvalue weighted by atomic mass is 9.93. The highest BCUT2D eigenvalue weighted by Gasteiger charge is 2.19. The van der Waals surface area contributed by atoms with E-state index in [4.69, 9.17) is 4.98 Å². The Morgan fingerprint density at radius 1 is 1.16 bits per heavy atom. The van der Waals surface area contributed by atoms with Crippen LogP contribution < -0.4 is 15.9 Å². The third-order valence-electron chi connectivity index (χ3n) is 6.42. The molecule has 6 nitrogen and oxygen atoms in total. The molecule has 0 saturated heterocycles. The predicted molar refractivity (Wildman–Crippen MR) is 156 cm³/mol. The minimum absolute atomic E-state index is 0.141. The van der Waals surface area contributed by atoms with E-state index in [1.54, 1.807) is 29.8 Å². The molecule has 0 atom stereocenters. The van der Waals surface area contributed by atoms with E-state index in [9.17, 15) is 0 Å². The van der Waals surface area contributed by atoms with Crippen molar-refractivity contribution in [1.29, 1.82) is 0 Å². The fourth-order valence-corrected chi connectivity index (χ4v) is 4.72. The molecule has 5 rings (SSSR count). The number of nitrogens with zero attached hydrogens (tertiary/aromatic N) is 3. The van der Waals surface area contributed by atoms with Crippen LogP contribution in [-0.2, 0) is 0 Å². The quantitative estimate of drug-likeness (QED) is 0.233. The molecule has 0 spiro atoms. The van der Waals surface area contributed by atoms with Gasteiger partial charge < -0.3 is 10.3 Å². The zero-order chi connectivity index (χ0) is 27.0. The number of aromatic nitrogens is 5. The van der Waals surface area contributed by atoms with Crippen LogP contribution in [0.1, 0.15) is 33.3 Å². The molecule has 38 heavy (non-hydrogen) atoms. The van der Waals surface area contributed by atoms with E-state index in [2.05, 4.69) is 70.9 Å². The molecule has 0 radical (unpaired) electrons. The second-order valence-electron chi connectivity index (χ2n) is 10.1. The SMILES string of the molecule is C=C(/C(F)=c1/c(-c2nc3c(-c4ccsc4)cccc3[nH]2)n[nH]/c1=C/C)c1cncc(NC(=C)C(C)(C)C)c1. The molecule has 4 aromatic heterocycles. The highest BCUT2D eigenvalue weighted by atomic mass is 32.1. The molecule has 0 bridgehead atoms. The Balaban J connectivity index is 1.60. The van der Waals surface area contributed by atoms with Gasteiger partial charge in [0.1, 0.15) is 11.5 Å². The summed E-state index contributed by atoms with van der Waals surface area (Å²) in [5.41, 5.74) is 6.28. The van der Waals surface area contributed by atoms with Gasteiger partial charge in [0.2, 0.25) is 0 Å². The summed E-state index contributed by atoms with van der Waals surface area (Å²) in [6, 6.07) is 9.83. The number of nitrogens with one attached hydrogen (secondary N) is 3. The molecular formula is C30H29FN6S. The number of para-hydroxylation sites is 1. The third-order valence-corrected chi connectivity index (χ3v) is 7.11. The first kappa shape index (κ1) is 25.4. The molecule has 0 aliphatic heterocycles. The van der Waals surface area contributed by atoms with E-state index in [-0.39, 0.29) is 11.0 Å². The molecule has 192 valence electrons. The number of hydrogen-bond donors (Lipinski definition) is 3. The first-order valence-corrected chi connectivity index (χ1v) is 13.1. The summed E-state index contributed by atoms with van der Waals surface area (Å²) in [7, 11) is 0. The molecule has 0 aliphatic carbocycles. The Kier molecular flexibility index (Phi) is 6.59. The molecule has 0 fully saturated rings. The van der Waals surface area contributed by atoms with Crippen molar-refractivity contribution in [2.75, 3.05) is 5.32 Å². The van der Waals surface area contributed by atoms with Crippen molar-refractivity contribution in [1.82, 2.24) is 25.1 Å². The fourth-order valence-electron chi connectivity index (χ4n) is 4.07. The maximum Gasteiger partial charge on any atom is 0.159 e. The summed E-state index contributed by atoms with van der Waals surface area (Å²) < 4.78 is 16.2. The average molecular weight is 525 g/mol. The lowest BCUT2D eigenvalue weighted by molar-refractivity contribution is 0.509. The Hall–Kier alpha value is -4.30. The second-order valence-corrected chi connectivity index (χ2v) is 10.8. The Morgan fingerprint density at radius 2 is 1.97 bits per heavy atom. The van der Waals surface area contributed by atoms with Crippen molar-refractivity contribution in [3.63, 3.8) is 0 Å². The van der Waals surface area contributed by atoms with Crippen molar-refractivity contribution in [2.24, 2.45) is 5.41 Å². The van der Waals surface area contributed by atoms with Gasteiger partial charge in [0.25, 0.3) is 0 Å². The second kappa shape index (κ2) is 9.87. The molecule has 0 aliphatic rings. The van der Waals surface area contributed by atoms with Gasteiger partial charge in [0, 0.05) is 34.0 Å². The lowest BCUT2D eigenvalue weighted by Gasteiger charge is -2.23. The van der Waals surface area contributed by atoms with Crippen molar-refractivity contribution in [3.8, 4) is 22.6 Å². The molecule has 8 heteroatoms. The van der Waals surface area contributed by atoms with E-state index in [1.807, 2.05) is 36.6 Å². The smallest absolute Gasteiger partial charge is 0.159 e. The van der Waals surface area contributed by atoms with Crippen LogP contribution in [0.4, 0.5) is 10.1 Å². The van der Waals surface area contributed by atoms with Crippen molar-refractivity contribution >= 4 is 45.5 Å². The van der Waals surface area contributed by atoms with Crippen molar-refractivity contribution in [2.45, 2.75) is 27.7 Å². The van der Waals surface area contributed by atoms with Gasteiger partial charge in [-0.05, 0) is 41.4 Å². The molecule has 0 amide bonds. The van der Waals surface area contributed by atoms with Gasteiger partial charge in [-0.15, -0.1) is 0 Å². The number of rotatable bonds is 6. The highest BCUT2D eigenvalue weighted by molar-refractivity contribution is 7.08. The number of imidazole rings is 1. The average Bonchev–Trinajstić information content (AvgIpc) is 3.66. The van der Waals surface area contributed by atoms with E-state index in [0.29, 0.717) is 33.3 Å². The zero-order valence-electron chi connectivity index (χ0n) is 21.8. The van der Waals surface area contributed by atoms with Crippen LogP contribution >= 0.6 is 11.3 Å². The first-order valence-electron chi connectivity index (χ1n) is 12.2. The lowest BCUT2D eigenvalue weighted by Crippen LogP contribution is -2.26. The molecule has 4 heterocycles. The maximum atomic E-state index is 16.2. The Bertz CT molecular complexity index is 1780. The number of allylic oxidation sites excluding steroid dienone is 2. The number of pyridine rings is 1. The number of fused-ring (bicyclic) bond motifs is 1. The van der Waals surface area contributed by atoms with E-state index < -0.39 is 5.83 Å². The van der Waals surface area contributed by atoms with Crippen molar-refractivity contribution in [3.05, 3.63) is 88.5 Å². The van der Waals surface area contributed by atoms with Crippen LogP contribution in [0.15, 0.2) is 72.3 Å². The molecular weight excluding hydrogens is 495 g/mol. The number of thiophene rings is 1. The minimum Gasteiger partial charge on any atom is -0.358 e. The number of hydrogen-bond acceptors (Lipinski definition) is 5. The Labute approximate surface area is 224 Å². The number of anilines is 1. The third kappa shape index (κ3) is 4.70. The van der Waals surface area contributed by atoms with Crippen LogP contribution in [0.3, 0.4) is 0 Å². The minimum atomic E-state index is -0.506.